The molecular formula is C31H26Cl2N2O2. The van der Waals surface area contributed by atoms with Gasteiger partial charge in [-0.3, -0.25) is 4.79 Å². The van der Waals surface area contributed by atoms with Crippen LogP contribution in [-0.4, -0.2) is 13.0 Å². The Morgan fingerprint density at radius 1 is 0.811 bits per heavy atom. The number of carbonyl (C=O) groups excluding carboxylic acids is 1. The van der Waals surface area contributed by atoms with Crippen LogP contribution in [-0.2, 0) is 9.53 Å². The fourth-order valence-corrected chi connectivity index (χ4v) is 5.34. The molecule has 37 heavy (non-hydrogen) atoms. The maximum absolute atomic E-state index is 13.9. The number of rotatable bonds is 6. The van der Waals surface area contributed by atoms with E-state index in [2.05, 4.69) is 28.4 Å². The highest BCUT2D eigenvalue weighted by atomic mass is 35.5. The van der Waals surface area contributed by atoms with E-state index in [9.17, 15) is 4.79 Å². The van der Waals surface area contributed by atoms with Crippen molar-refractivity contribution in [1.82, 2.24) is 0 Å². The SMILES string of the molecule is COC1=C(C(=O)Nc2ccccc2)C(c2cccc(Cl)c2)N(c2ccccc2)C(c2cccc(Cl)c2)C1. The van der Waals surface area contributed by atoms with Crippen LogP contribution in [0.25, 0.3) is 0 Å². The molecule has 2 atom stereocenters. The summed E-state index contributed by atoms with van der Waals surface area (Å²) in [6.45, 7) is 0. The molecule has 1 N–H and O–H groups in total. The normalized spacial score (nSPS) is 17.4. The largest absolute Gasteiger partial charge is 0.500 e. The highest BCUT2D eigenvalue weighted by Crippen LogP contribution is 2.48. The molecule has 4 aromatic carbocycles. The summed E-state index contributed by atoms with van der Waals surface area (Å²) in [5.74, 6) is 0.397. The molecule has 0 aromatic heterocycles. The quantitative estimate of drug-likeness (QED) is 0.274. The molecule has 0 spiro atoms. The van der Waals surface area contributed by atoms with Gasteiger partial charge in [0.2, 0.25) is 0 Å². The third-order valence-corrected chi connectivity index (χ3v) is 7.01. The number of carbonyl (C=O) groups is 1. The highest BCUT2D eigenvalue weighted by Gasteiger charge is 2.41. The van der Waals surface area contributed by atoms with Gasteiger partial charge < -0.3 is 15.0 Å². The molecule has 0 radical (unpaired) electrons. The lowest BCUT2D eigenvalue weighted by Crippen LogP contribution is -2.41. The summed E-state index contributed by atoms with van der Waals surface area (Å²) in [6.07, 6.45) is 0.486. The monoisotopic (exact) mass is 528 g/mol. The number of nitrogens with zero attached hydrogens (tertiary/aromatic N) is 1. The maximum Gasteiger partial charge on any atom is 0.257 e. The molecular weight excluding hydrogens is 503 g/mol. The average molecular weight is 529 g/mol. The lowest BCUT2D eigenvalue weighted by Gasteiger charge is -2.45. The van der Waals surface area contributed by atoms with E-state index in [-0.39, 0.29) is 11.9 Å². The van der Waals surface area contributed by atoms with Gasteiger partial charge in [-0.25, -0.2) is 0 Å². The average Bonchev–Trinajstić information content (AvgIpc) is 2.93. The Kier molecular flexibility index (Phi) is 7.50. The van der Waals surface area contributed by atoms with Crippen molar-refractivity contribution in [1.29, 1.82) is 0 Å². The van der Waals surface area contributed by atoms with Crippen molar-refractivity contribution in [3.63, 3.8) is 0 Å². The maximum atomic E-state index is 13.9. The summed E-state index contributed by atoms with van der Waals surface area (Å²) in [7, 11) is 1.62. The van der Waals surface area contributed by atoms with Gasteiger partial charge in [0.15, 0.2) is 0 Å². The lowest BCUT2D eigenvalue weighted by atomic mass is 9.84. The summed E-state index contributed by atoms with van der Waals surface area (Å²) in [5.41, 5.74) is 4.13. The Labute approximate surface area is 227 Å². The number of ether oxygens (including phenoxy) is 1. The lowest BCUT2D eigenvalue weighted by molar-refractivity contribution is -0.113. The van der Waals surface area contributed by atoms with Crippen LogP contribution in [0.2, 0.25) is 10.0 Å². The van der Waals surface area contributed by atoms with Crippen LogP contribution in [0.4, 0.5) is 11.4 Å². The number of nitrogens with one attached hydrogen (secondary N) is 1. The van der Waals surface area contributed by atoms with Crippen LogP contribution in [0.15, 0.2) is 121 Å². The van der Waals surface area contributed by atoms with Gasteiger partial charge in [0.05, 0.1) is 24.8 Å². The van der Waals surface area contributed by atoms with E-state index in [1.54, 1.807) is 7.11 Å². The van der Waals surface area contributed by atoms with Gasteiger partial charge in [-0.05, 0) is 59.7 Å². The van der Waals surface area contributed by atoms with Crippen LogP contribution in [0, 0.1) is 0 Å². The molecule has 1 amide bonds. The van der Waals surface area contributed by atoms with Gasteiger partial charge in [-0.2, -0.15) is 0 Å². The predicted molar refractivity (Wildman–Crippen MR) is 151 cm³/mol. The Balaban J connectivity index is 1.73. The second kappa shape index (κ2) is 11.1. The van der Waals surface area contributed by atoms with Crippen molar-refractivity contribution in [3.8, 4) is 0 Å². The molecule has 1 aliphatic heterocycles. The Bertz CT molecular complexity index is 1420. The minimum absolute atomic E-state index is 0.145. The van der Waals surface area contributed by atoms with Crippen molar-refractivity contribution in [2.24, 2.45) is 0 Å². The number of benzene rings is 4. The standard InChI is InChI=1S/C31H26Cl2N2O2/c1-37-28-20-27(21-10-8-12-23(32)18-21)35(26-16-6-3-7-17-26)30(22-11-9-13-24(33)19-22)29(28)31(36)34-25-14-4-2-5-15-25/h2-19,27,30H,20H2,1H3,(H,34,36). The van der Waals surface area contributed by atoms with Gasteiger partial charge in [-0.15, -0.1) is 0 Å². The first-order valence-electron chi connectivity index (χ1n) is 12.0. The van der Waals surface area contributed by atoms with E-state index < -0.39 is 6.04 Å². The minimum Gasteiger partial charge on any atom is -0.500 e. The van der Waals surface area contributed by atoms with Crippen molar-refractivity contribution in [2.45, 2.75) is 18.5 Å². The molecule has 0 aliphatic carbocycles. The van der Waals surface area contributed by atoms with Crippen molar-refractivity contribution in [2.75, 3.05) is 17.3 Å². The number of hydrogen-bond acceptors (Lipinski definition) is 3. The number of anilines is 2. The van der Waals surface area contributed by atoms with Crippen molar-refractivity contribution in [3.05, 3.63) is 142 Å². The number of methoxy groups -OCH3 is 1. The summed E-state index contributed by atoms with van der Waals surface area (Å²) >= 11 is 12.9. The van der Waals surface area contributed by atoms with Crippen LogP contribution < -0.4 is 10.2 Å². The van der Waals surface area contributed by atoms with Gasteiger partial charge >= 0.3 is 0 Å². The highest BCUT2D eigenvalue weighted by molar-refractivity contribution is 6.31. The third kappa shape index (κ3) is 5.36. The molecule has 0 saturated carbocycles. The first-order valence-corrected chi connectivity index (χ1v) is 12.8. The second-order valence-corrected chi connectivity index (χ2v) is 9.71. The van der Waals surface area contributed by atoms with Crippen LogP contribution >= 0.6 is 23.2 Å². The van der Waals surface area contributed by atoms with Crippen molar-refractivity contribution >= 4 is 40.5 Å². The zero-order valence-electron chi connectivity index (χ0n) is 20.3. The molecule has 0 bridgehead atoms. The summed E-state index contributed by atoms with van der Waals surface area (Å²) < 4.78 is 5.94. The zero-order chi connectivity index (χ0) is 25.8. The molecule has 4 nitrogen and oxygen atoms in total. The first kappa shape index (κ1) is 24.9. The molecule has 5 rings (SSSR count). The van der Waals surface area contributed by atoms with Crippen LogP contribution in [0.1, 0.15) is 29.6 Å². The topological polar surface area (TPSA) is 41.6 Å². The molecule has 186 valence electrons. The predicted octanol–water partition coefficient (Wildman–Crippen LogP) is 8.23. The number of para-hydroxylation sites is 2. The van der Waals surface area contributed by atoms with E-state index in [0.717, 1.165) is 16.8 Å². The van der Waals surface area contributed by atoms with E-state index in [1.165, 1.54) is 0 Å². The van der Waals surface area contributed by atoms with Gasteiger partial charge in [0, 0.05) is 27.8 Å². The zero-order valence-corrected chi connectivity index (χ0v) is 21.8. The van der Waals surface area contributed by atoms with E-state index >= 15 is 0 Å². The molecule has 4 aromatic rings. The number of hydrogen-bond donors (Lipinski definition) is 1. The van der Waals surface area contributed by atoms with E-state index in [1.807, 2.05) is 91.0 Å². The van der Waals surface area contributed by atoms with E-state index in [4.69, 9.17) is 27.9 Å². The minimum atomic E-state index is -0.475. The first-order chi connectivity index (χ1) is 18.0. The summed E-state index contributed by atoms with van der Waals surface area (Å²) in [5, 5.41) is 4.32. The van der Waals surface area contributed by atoms with Gasteiger partial charge in [0.1, 0.15) is 5.76 Å². The van der Waals surface area contributed by atoms with Gasteiger partial charge in [-0.1, -0.05) is 83.9 Å². The van der Waals surface area contributed by atoms with Crippen LogP contribution in [0.5, 0.6) is 0 Å². The Hall–Kier alpha value is -3.73. The Morgan fingerprint density at radius 3 is 2.03 bits per heavy atom. The third-order valence-electron chi connectivity index (χ3n) is 6.54. The number of amides is 1. The molecule has 2 unspecified atom stereocenters. The van der Waals surface area contributed by atoms with E-state index in [0.29, 0.717) is 33.5 Å². The molecule has 1 heterocycles. The fraction of sp³-hybridized carbons (Fsp3) is 0.129. The molecule has 1 aliphatic rings. The molecule has 0 saturated heterocycles. The smallest absolute Gasteiger partial charge is 0.257 e. The Morgan fingerprint density at radius 2 is 1.41 bits per heavy atom. The number of halogens is 2. The fourth-order valence-electron chi connectivity index (χ4n) is 4.94. The summed E-state index contributed by atoms with van der Waals surface area (Å²) in [4.78, 5) is 16.2. The second-order valence-electron chi connectivity index (χ2n) is 8.84. The van der Waals surface area contributed by atoms with Gasteiger partial charge in [0.25, 0.3) is 5.91 Å². The molecule has 6 heteroatoms. The summed E-state index contributed by atoms with van der Waals surface area (Å²) in [6, 6.07) is 34.4. The van der Waals surface area contributed by atoms with Crippen LogP contribution in [0.3, 0.4) is 0 Å². The molecule has 0 fully saturated rings. The van der Waals surface area contributed by atoms with Crippen molar-refractivity contribution < 1.29 is 9.53 Å².